The fourth-order valence-corrected chi connectivity index (χ4v) is 3.68. The molecule has 0 saturated carbocycles. The molecule has 0 unspecified atom stereocenters. The van der Waals surface area contributed by atoms with Gasteiger partial charge in [0.1, 0.15) is 0 Å². The van der Waals surface area contributed by atoms with Crippen LogP contribution in [0.25, 0.3) is 0 Å². The summed E-state index contributed by atoms with van der Waals surface area (Å²) in [6.07, 6.45) is 2.01. The Morgan fingerprint density at radius 3 is 3.11 bits per heavy atom. The highest BCUT2D eigenvalue weighted by Gasteiger charge is 2.16. The Morgan fingerprint density at radius 2 is 2.33 bits per heavy atom. The summed E-state index contributed by atoms with van der Waals surface area (Å²) in [6.45, 7) is 5.27. The number of rotatable bonds is 6. The minimum atomic E-state index is -3.03. The van der Waals surface area contributed by atoms with E-state index in [9.17, 15) is 8.42 Å². The average Bonchev–Trinajstić information content (AvgIpc) is 2.82. The molecule has 0 aliphatic carbocycles. The zero-order chi connectivity index (χ0) is 13.0. The van der Waals surface area contributed by atoms with Crippen LogP contribution in [0.1, 0.15) is 23.8 Å². The highest BCUT2D eigenvalue weighted by Crippen LogP contribution is 2.23. The molecule has 1 aliphatic heterocycles. The molecule has 2 heterocycles. The van der Waals surface area contributed by atoms with Gasteiger partial charge in [-0.3, -0.25) is 4.90 Å². The summed E-state index contributed by atoms with van der Waals surface area (Å²) in [5.41, 5.74) is 1.44. The largest absolute Gasteiger partial charge is 0.299 e. The second kappa shape index (κ2) is 6.14. The van der Waals surface area contributed by atoms with Crippen LogP contribution in [0.3, 0.4) is 0 Å². The van der Waals surface area contributed by atoms with Gasteiger partial charge in [-0.25, -0.2) is 13.1 Å². The maximum absolute atomic E-state index is 11.3. The van der Waals surface area contributed by atoms with E-state index in [4.69, 9.17) is 0 Å². The molecule has 1 aliphatic rings. The third kappa shape index (κ3) is 3.78. The standard InChI is InChI=1S/C12H20N2O2S2/c1-2-18(15,16)13-6-3-7-14-8-4-12-11(10-14)5-9-17-12/h5,9,13H,2-4,6-8,10H2,1H3. The molecular weight excluding hydrogens is 268 g/mol. The molecule has 0 amide bonds. The Labute approximate surface area is 113 Å². The summed E-state index contributed by atoms with van der Waals surface area (Å²) in [5, 5.41) is 2.16. The minimum Gasteiger partial charge on any atom is -0.299 e. The summed E-state index contributed by atoms with van der Waals surface area (Å²) in [5.74, 6) is 0.162. The zero-order valence-electron chi connectivity index (χ0n) is 10.7. The average molecular weight is 288 g/mol. The van der Waals surface area contributed by atoms with E-state index < -0.39 is 10.0 Å². The van der Waals surface area contributed by atoms with E-state index in [0.717, 1.165) is 32.5 Å². The summed E-state index contributed by atoms with van der Waals surface area (Å²) < 4.78 is 25.1. The van der Waals surface area contributed by atoms with Crippen LogP contribution in [-0.2, 0) is 23.0 Å². The van der Waals surface area contributed by atoms with E-state index in [1.807, 2.05) is 11.3 Å². The van der Waals surface area contributed by atoms with Crippen molar-refractivity contribution in [2.75, 3.05) is 25.4 Å². The molecule has 0 bridgehead atoms. The second-order valence-corrected chi connectivity index (χ2v) is 7.64. The molecule has 0 spiro atoms. The van der Waals surface area contributed by atoms with Gasteiger partial charge in [0.2, 0.25) is 10.0 Å². The third-order valence-corrected chi connectivity index (χ3v) is 5.67. The van der Waals surface area contributed by atoms with Crippen LogP contribution < -0.4 is 4.72 Å². The number of fused-ring (bicyclic) bond motifs is 1. The van der Waals surface area contributed by atoms with Crippen molar-refractivity contribution < 1.29 is 8.42 Å². The maximum atomic E-state index is 11.3. The molecule has 1 aromatic rings. The van der Waals surface area contributed by atoms with Gasteiger partial charge in [0.05, 0.1) is 5.75 Å². The van der Waals surface area contributed by atoms with Crippen LogP contribution in [0.4, 0.5) is 0 Å². The molecule has 1 aromatic heterocycles. The molecule has 1 N–H and O–H groups in total. The molecule has 4 nitrogen and oxygen atoms in total. The summed E-state index contributed by atoms with van der Waals surface area (Å²) in [4.78, 5) is 3.91. The van der Waals surface area contributed by atoms with Gasteiger partial charge in [0.25, 0.3) is 0 Å². The lowest BCUT2D eigenvalue weighted by Gasteiger charge is -2.26. The molecule has 6 heteroatoms. The van der Waals surface area contributed by atoms with Crippen LogP contribution in [-0.4, -0.2) is 38.7 Å². The Morgan fingerprint density at radius 1 is 1.50 bits per heavy atom. The monoisotopic (exact) mass is 288 g/mol. The SMILES string of the molecule is CCS(=O)(=O)NCCCN1CCc2sccc2C1. The Kier molecular flexibility index (Phi) is 4.77. The zero-order valence-corrected chi connectivity index (χ0v) is 12.3. The summed E-state index contributed by atoms with van der Waals surface area (Å²) >= 11 is 1.84. The molecule has 102 valence electrons. The topological polar surface area (TPSA) is 49.4 Å². The number of nitrogens with zero attached hydrogens (tertiary/aromatic N) is 1. The van der Waals surface area contributed by atoms with Gasteiger partial charge in [-0.15, -0.1) is 11.3 Å². The first kappa shape index (κ1) is 14.0. The molecular formula is C12H20N2O2S2. The molecule has 0 fully saturated rings. The first-order chi connectivity index (χ1) is 8.61. The van der Waals surface area contributed by atoms with Crippen molar-refractivity contribution in [3.63, 3.8) is 0 Å². The lowest BCUT2D eigenvalue weighted by atomic mass is 10.1. The molecule has 18 heavy (non-hydrogen) atoms. The Bertz CT molecular complexity index is 482. The molecule has 0 radical (unpaired) electrons. The Hall–Kier alpha value is -0.430. The second-order valence-electron chi connectivity index (χ2n) is 4.55. The van der Waals surface area contributed by atoms with Gasteiger partial charge in [-0.1, -0.05) is 0 Å². The maximum Gasteiger partial charge on any atom is 0.211 e. The summed E-state index contributed by atoms with van der Waals surface area (Å²) in [7, 11) is -3.03. The molecule has 0 saturated heterocycles. The smallest absolute Gasteiger partial charge is 0.211 e. The third-order valence-electron chi connectivity index (χ3n) is 3.24. The summed E-state index contributed by atoms with van der Waals surface area (Å²) in [6, 6.07) is 2.20. The van der Waals surface area contributed by atoms with Gasteiger partial charge in [0.15, 0.2) is 0 Å². The fourth-order valence-electron chi connectivity index (χ4n) is 2.13. The first-order valence-electron chi connectivity index (χ1n) is 6.35. The van der Waals surface area contributed by atoms with Gasteiger partial charge in [-0.2, -0.15) is 0 Å². The van der Waals surface area contributed by atoms with Crippen molar-refractivity contribution >= 4 is 21.4 Å². The lowest BCUT2D eigenvalue weighted by molar-refractivity contribution is 0.253. The molecule has 2 rings (SSSR count). The fraction of sp³-hybridized carbons (Fsp3) is 0.667. The van der Waals surface area contributed by atoms with Crippen molar-refractivity contribution in [3.05, 3.63) is 21.9 Å². The normalized spacial score (nSPS) is 16.7. The van der Waals surface area contributed by atoms with E-state index >= 15 is 0 Å². The van der Waals surface area contributed by atoms with Gasteiger partial charge < -0.3 is 0 Å². The van der Waals surface area contributed by atoms with Crippen LogP contribution in [0, 0.1) is 0 Å². The number of hydrogen-bond donors (Lipinski definition) is 1. The van der Waals surface area contributed by atoms with Crippen molar-refractivity contribution in [3.8, 4) is 0 Å². The van der Waals surface area contributed by atoms with Crippen molar-refractivity contribution in [1.82, 2.24) is 9.62 Å². The number of nitrogens with one attached hydrogen (secondary N) is 1. The molecule has 0 aromatic carbocycles. The van der Waals surface area contributed by atoms with E-state index in [1.54, 1.807) is 6.92 Å². The van der Waals surface area contributed by atoms with Crippen LogP contribution in [0.2, 0.25) is 0 Å². The first-order valence-corrected chi connectivity index (χ1v) is 8.89. The Balaban J connectivity index is 1.70. The minimum absolute atomic E-state index is 0.162. The van der Waals surface area contributed by atoms with Gasteiger partial charge >= 0.3 is 0 Å². The predicted molar refractivity (Wildman–Crippen MR) is 75.4 cm³/mol. The predicted octanol–water partition coefficient (Wildman–Crippen LogP) is 1.44. The number of thiophene rings is 1. The van der Waals surface area contributed by atoms with Gasteiger partial charge in [0, 0.05) is 24.5 Å². The quantitative estimate of drug-likeness (QED) is 0.806. The van der Waals surface area contributed by atoms with Crippen molar-refractivity contribution in [2.45, 2.75) is 26.3 Å². The highest BCUT2D eigenvalue weighted by atomic mass is 32.2. The van der Waals surface area contributed by atoms with E-state index in [2.05, 4.69) is 21.1 Å². The highest BCUT2D eigenvalue weighted by molar-refractivity contribution is 7.89. The van der Waals surface area contributed by atoms with Crippen LogP contribution >= 0.6 is 11.3 Å². The molecule has 0 atom stereocenters. The van der Waals surface area contributed by atoms with Crippen molar-refractivity contribution in [1.29, 1.82) is 0 Å². The van der Waals surface area contributed by atoms with Crippen LogP contribution in [0.15, 0.2) is 11.4 Å². The van der Waals surface area contributed by atoms with Crippen LogP contribution in [0.5, 0.6) is 0 Å². The number of hydrogen-bond acceptors (Lipinski definition) is 4. The van der Waals surface area contributed by atoms with E-state index in [0.29, 0.717) is 6.54 Å². The van der Waals surface area contributed by atoms with E-state index in [-0.39, 0.29) is 5.75 Å². The van der Waals surface area contributed by atoms with Gasteiger partial charge in [-0.05, 0) is 43.3 Å². The van der Waals surface area contributed by atoms with Crippen molar-refractivity contribution in [2.24, 2.45) is 0 Å². The lowest BCUT2D eigenvalue weighted by Crippen LogP contribution is -2.33. The number of sulfonamides is 1. The van der Waals surface area contributed by atoms with E-state index in [1.165, 1.54) is 10.4 Å².